The summed E-state index contributed by atoms with van der Waals surface area (Å²) in [4.78, 5) is 31.4. The highest BCUT2D eigenvalue weighted by molar-refractivity contribution is 5.85. The minimum atomic E-state index is -0.187. The fraction of sp³-hybridized carbons (Fsp3) is 0.913. The summed E-state index contributed by atoms with van der Waals surface area (Å²) in [6, 6.07) is 0. The van der Waals surface area contributed by atoms with E-state index >= 15 is 0 Å². The van der Waals surface area contributed by atoms with Crippen LogP contribution < -0.4 is 0 Å². The van der Waals surface area contributed by atoms with Crippen molar-refractivity contribution >= 4 is 11.8 Å². The fourth-order valence-corrected chi connectivity index (χ4v) is 6.29. The van der Waals surface area contributed by atoms with Crippen molar-refractivity contribution < 1.29 is 19.1 Å². The predicted molar refractivity (Wildman–Crippen MR) is 108 cm³/mol. The number of hydrogen-bond donors (Lipinski definition) is 0. The van der Waals surface area contributed by atoms with Crippen molar-refractivity contribution in [3.05, 3.63) is 0 Å². The number of rotatable bonds is 4. The summed E-state index contributed by atoms with van der Waals surface area (Å²) in [5, 5.41) is 0. The molecule has 0 aromatic heterocycles. The average molecular weight is 405 g/mol. The van der Waals surface area contributed by atoms with Gasteiger partial charge >= 0.3 is 0 Å². The van der Waals surface area contributed by atoms with Gasteiger partial charge in [0.15, 0.2) is 0 Å². The topological polar surface area (TPSA) is 59.1 Å². The van der Waals surface area contributed by atoms with Gasteiger partial charge in [-0.1, -0.05) is 0 Å². The van der Waals surface area contributed by atoms with Crippen LogP contribution in [0.15, 0.2) is 0 Å². The largest absolute Gasteiger partial charge is 0.381 e. The number of amides is 2. The highest BCUT2D eigenvalue weighted by atomic mass is 16.5. The summed E-state index contributed by atoms with van der Waals surface area (Å²) in [6.07, 6.45) is 9.16. The van der Waals surface area contributed by atoms with Crippen LogP contribution in [0.4, 0.5) is 0 Å². The first-order valence-corrected chi connectivity index (χ1v) is 11.9. The molecule has 0 radical (unpaired) electrons. The Morgan fingerprint density at radius 3 is 1.34 bits per heavy atom. The summed E-state index contributed by atoms with van der Waals surface area (Å²) in [5.41, 5.74) is -0.374. The lowest BCUT2D eigenvalue weighted by atomic mass is 9.74. The molecular weight excluding hydrogens is 368 g/mol. The lowest BCUT2D eigenvalue weighted by Crippen LogP contribution is -2.51. The van der Waals surface area contributed by atoms with Crippen molar-refractivity contribution in [2.45, 2.75) is 57.8 Å². The molecule has 2 amide bonds. The smallest absolute Gasteiger partial charge is 0.229 e. The van der Waals surface area contributed by atoms with Crippen LogP contribution in [-0.2, 0) is 19.1 Å². The van der Waals surface area contributed by atoms with Crippen LogP contribution in [0.25, 0.3) is 0 Å². The molecule has 5 fully saturated rings. The van der Waals surface area contributed by atoms with Gasteiger partial charge < -0.3 is 19.3 Å². The number of carbonyl (C=O) groups is 2. The number of nitrogens with zero attached hydrogens (tertiary/aromatic N) is 2. The van der Waals surface area contributed by atoms with E-state index in [0.29, 0.717) is 63.2 Å². The fourth-order valence-electron chi connectivity index (χ4n) is 6.29. The zero-order valence-corrected chi connectivity index (χ0v) is 17.7. The lowest BCUT2D eigenvalue weighted by molar-refractivity contribution is -0.152. The highest BCUT2D eigenvalue weighted by Gasteiger charge is 2.54. The summed E-state index contributed by atoms with van der Waals surface area (Å²) in [6.45, 7) is 5.82. The van der Waals surface area contributed by atoms with E-state index in [1.165, 1.54) is 25.7 Å². The van der Waals surface area contributed by atoms with E-state index < -0.39 is 0 Å². The second kappa shape index (κ2) is 7.84. The SMILES string of the molecule is O=C(N1CCCN(C(=O)C2(C3CC3)CCOCC2)CC1)C1(C2CC2)CCOCC1. The molecule has 5 rings (SSSR count). The third-order valence-electron chi connectivity index (χ3n) is 8.41. The summed E-state index contributed by atoms with van der Waals surface area (Å²) in [5.74, 6) is 1.81. The first-order valence-electron chi connectivity index (χ1n) is 11.9. The highest BCUT2D eigenvalue weighted by Crippen LogP contribution is 2.53. The Morgan fingerprint density at radius 2 is 1.00 bits per heavy atom. The zero-order chi connectivity index (χ0) is 19.9. The molecule has 0 N–H and O–H groups in total. The van der Waals surface area contributed by atoms with Crippen molar-refractivity contribution in [3.63, 3.8) is 0 Å². The van der Waals surface area contributed by atoms with Gasteiger partial charge in [0, 0.05) is 52.6 Å². The quantitative estimate of drug-likeness (QED) is 0.722. The molecule has 5 aliphatic rings. The van der Waals surface area contributed by atoms with Crippen LogP contribution >= 0.6 is 0 Å². The summed E-state index contributed by atoms with van der Waals surface area (Å²) < 4.78 is 11.2. The zero-order valence-electron chi connectivity index (χ0n) is 17.7. The number of hydrogen-bond acceptors (Lipinski definition) is 4. The van der Waals surface area contributed by atoms with Crippen molar-refractivity contribution in [2.75, 3.05) is 52.6 Å². The minimum absolute atomic E-state index is 0.187. The molecule has 0 aromatic rings. The van der Waals surface area contributed by atoms with E-state index in [1.807, 2.05) is 0 Å². The van der Waals surface area contributed by atoms with Crippen LogP contribution in [0, 0.1) is 22.7 Å². The van der Waals surface area contributed by atoms with E-state index in [1.54, 1.807) is 0 Å². The van der Waals surface area contributed by atoms with Crippen LogP contribution in [0.5, 0.6) is 0 Å². The molecule has 0 unspecified atom stereocenters. The van der Waals surface area contributed by atoms with Gasteiger partial charge in [0.1, 0.15) is 0 Å². The van der Waals surface area contributed by atoms with E-state index in [0.717, 1.165) is 45.2 Å². The molecule has 6 nitrogen and oxygen atoms in total. The Balaban J connectivity index is 1.26. The van der Waals surface area contributed by atoms with Crippen molar-refractivity contribution in [2.24, 2.45) is 22.7 Å². The molecule has 2 aliphatic carbocycles. The van der Waals surface area contributed by atoms with Gasteiger partial charge in [-0.05, 0) is 69.6 Å². The molecular formula is C23H36N2O4. The Morgan fingerprint density at radius 1 is 0.621 bits per heavy atom. The Bertz CT molecular complexity index is 577. The maximum absolute atomic E-state index is 13.6. The molecule has 0 bridgehead atoms. The van der Waals surface area contributed by atoms with Gasteiger partial charge in [-0.25, -0.2) is 0 Å². The summed E-state index contributed by atoms with van der Waals surface area (Å²) in [7, 11) is 0. The van der Waals surface area contributed by atoms with Crippen molar-refractivity contribution in [1.29, 1.82) is 0 Å². The van der Waals surface area contributed by atoms with Gasteiger partial charge in [-0.2, -0.15) is 0 Å². The molecule has 3 aliphatic heterocycles. The van der Waals surface area contributed by atoms with Crippen LogP contribution in [0.3, 0.4) is 0 Å². The van der Waals surface area contributed by atoms with Gasteiger partial charge in [0.05, 0.1) is 10.8 Å². The standard InChI is InChI=1S/C23H36N2O4/c26-20(22(18-2-3-18)6-14-28-15-7-22)24-10-1-11-25(13-12-24)21(27)23(19-4-5-19)8-16-29-17-9-23/h18-19H,1-17H2. The molecule has 0 spiro atoms. The van der Waals surface area contributed by atoms with Gasteiger partial charge in [0.25, 0.3) is 0 Å². The van der Waals surface area contributed by atoms with Crippen LogP contribution in [0.1, 0.15) is 57.8 Å². The molecule has 2 saturated carbocycles. The molecule has 0 atom stereocenters. The van der Waals surface area contributed by atoms with Gasteiger partial charge in [0.2, 0.25) is 11.8 Å². The van der Waals surface area contributed by atoms with Crippen molar-refractivity contribution in [1.82, 2.24) is 9.80 Å². The van der Waals surface area contributed by atoms with E-state index in [9.17, 15) is 9.59 Å². The number of carbonyl (C=O) groups excluding carboxylic acids is 2. The maximum atomic E-state index is 13.6. The predicted octanol–water partition coefficient (Wildman–Crippen LogP) is 2.46. The molecule has 3 saturated heterocycles. The maximum Gasteiger partial charge on any atom is 0.229 e. The van der Waals surface area contributed by atoms with E-state index in [4.69, 9.17) is 9.47 Å². The van der Waals surface area contributed by atoms with Crippen molar-refractivity contribution in [3.8, 4) is 0 Å². The normalized spacial score (nSPS) is 29.9. The second-order valence-corrected chi connectivity index (χ2v) is 10.0. The molecule has 162 valence electrons. The Hall–Kier alpha value is -1.14. The average Bonchev–Trinajstić information content (AvgIpc) is 3.65. The van der Waals surface area contributed by atoms with Gasteiger partial charge in [-0.3, -0.25) is 9.59 Å². The summed E-state index contributed by atoms with van der Waals surface area (Å²) >= 11 is 0. The Labute approximate surface area is 174 Å². The Kier molecular flexibility index (Phi) is 5.35. The first kappa shape index (κ1) is 19.8. The second-order valence-electron chi connectivity index (χ2n) is 10.0. The van der Waals surface area contributed by atoms with Crippen LogP contribution in [-0.4, -0.2) is 74.2 Å². The van der Waals surface area contributed by atoms with E-state index in [2.05, 4.69) is 9.80 Å². The molecule has 29 heavy (non-hydrogen) atoms. The number of ether oxygens (including phenoxy) is 2. The minimum Gasteiger partial charge on any atom is -0.381 e. The molecule has 3 heterocycles. The molecule has 6 heteroatoms. The lowest BCUT2D eigenvalue weighted by Gasteiger charge is -2.41. The third-order valence-corrected chi connectivity index (χ3v) is 8.41. The monoisotopic (exact) mass is 404 g/mol. The van der Waals surface area contributed by atoms with E-state index in [-0.39, 0.29) is 10.8 Å². The first-order chi connectivity index (χ1) is 14.2. The third kappa shape index (κ3) is 3.60. The molecule has 0 aromatic carbocycles. The van der Waals surface area contributed by atoms with Crippen LogP contribution in [0.2, 0.25) is 0 Å². The van der Waals surface area contributed by atoms with Gasteiger partial charge in [-0.15, -0.1) is 0 Å².